The second-order valence-electron chi connectivity index (χ2n) is 4.80. The molecule has 2 rings (SSSR count). The molecule has 1 aliphatic rings. The molecular weight excluding hydrogens is 278 g/mol. The van der Waals surface area contributed by atoms with E-state index in [2.05, 4.69) is 0 Å². The summed E-state index contributed by atoms with van der Waals surface area (Å²) in [5.74, 6) is -0.813. The van der Waals surface area contributed by atoms with Crippen molar-refractivity contribution in [3.05, 3.63) is 24.3 Å². The molecule has 0 radical (unpaired) electrons. The standard InChI is InChI=1S/C14H17NO4S/c16-11-3-5-12(6-4-11)20-9-13(17)15-7-1-2-10(8-15)14(18)19/h3-6,10,16H,1-2,7-9H2,(H,18,19). The molecule has 1 aliphatic heterocycles. The molecule has 2 N–H and O–H groups in total. The van der Waals surface area contributed by atoms with Gasteiger partial charge in [0.05, 0.1) is 11.7 Å². The van der Waals surface area contributed by atoms with Gasteiger partial charge in [-0.1, -0.05) is 0 Å². The van der Waals surface area contributed by atoms with E-state index in [1.165, 1.54) is 11.8 Å². The topological polar surface area (TPSA) is 77.8 Å². The minimum atomic E-state index is -0.825. The number of aromatic hydroxyl groups is 1. The number of carbonyl (C=O) groups excluding carboxylic acids is 1. The summed E-state index contributed by atoms with van der Waals surface area (Å²) in [7, 11) is 0. The number of thioether (sulfide) groups is 1. The van der Waals surface area contributed by atoms with Gasteiger partial charge in [-0.25, -0.2) is 0 Å². The SMILES string of the molecule is O=C(O)C1CCCN(C(=O)CSc2ccc(O)cc2)C1. The Kier molecular flexibility index (Phi) is 4.89. The third kappa shape index (κ3) is 3.90. The van der Waals surface area contributed by atoms with Crippen molar-refractivity contribution in [3.8, 4) is 5.75 Å². The van der Waals surface area contributed by atoms with Crippen LogP contribution in [-0.2, 0) is 9.59 Å². The van der Waals surface area contributed by atoms with Gasteiger partial charge in [-0.05, 0) is 37.1 Å². The van der Waals surface area contributed by atoms with E-state index < -0.39 is 11.9 Å². The number of aliphatic carboxylic acids is 1. The highest BCUT2D eigenvalue weighted by molar-refractivity contribution is 8.00. The summed E-state index contributed by atoms with van der Waals surface area (Å²) in [6.07, 6.45) is 1.39. The first-order valence-corrected chi connectivity index (χ1v) is 7.47. The first kappa shape index (κ1) is 14.7. The van der Waals surface area contributed by atoms with Gasteiger partial charge < -0.3 is 15.1 Å². The van der Waals surface area contributed by atoms with Crippen LogP contribution in [0.2, 0.25) is 0 Å². The average Bonchev–Trinajstić information content (AvgIpc) is 2.46. The van der Waals surface area contributed by atoms with E-state index in [1.807, 2.05) is 0 Å². The van der Waals surface area contributed by atoms with Crippen molar-refractivity contribution in [1.29, 1.82) is 0 Å². The molecule has 0 aliphatic carbocycles. The molecule has 1 fully saturated rings. The van der Waals surface area contributed by atoms with Crippen molar-refractivity contribution >= 4 is 23.6 Å². The van der Waals surface area contributed by atoms with E-state index in [4.69, 9.17) is 5.11 Å². The van der Waals surface area contributed by atoms with E-state index in [0.29, 0.717) is 19.5 Å². The van der Waals surface area contributed by atoms with Crippen molar-refractivity contribution in [2.24, 2.45) is 5.92 Å². The summed E-state index contributed by atoms with van der Waals surface area (Å²) in [6.45, 7) is 0.947. The number of nitrogens with zero attached hydrogens (tertiary/aromatic N) is 1. The van der Waals surface area contributed by atoms with E-state index in [9.17, 15) is 14.7 Å². The highest BCUT2D eigenvalue weighted by Crippen LogP contribution is 2.22. The predicted octanol–water partition coefficient (Wildman–Crippen LogP) is 1.81. The summed E-state index contributed by atoms with van der Waals surface area (Å²) in [4.78, 5) is 25.6. The summed E-state index contributed by atoms with van der Waals surface area (Å²) >= 11 is 1.39. The number of hydrogen-bond donors (Lipinski definition) is 2. The number of phenolic OH excluding ortho intramolecular Hbond substituents is 1. The largest absolute Gasteiger partial charge is 0.508 e. The lowest BCUT2D eigenvalue weighted by atomic mass is 9.98. The smallest absolute Gasteiger partial charge is 0.308 e. The molecule has 108 valence electrons. The van der Waals surface area contributed by atoms with Crippen molar-refractivity contribution < 1.29 is 19.8 Å². The molecule has 1 amide bonds. The molecule has 1 aromatic carbocycles. The molecule has 0 spiro atoms. The fourth-order valence-electron chi connectivity index (χ4n) is 2.18. The Morgan fingerprint density at radius 2 is 2.00 bits per heavy atom. The zero-order chi connectivity index (χ0) is 14.5. The van der Waals surface area contributed by atoms with Crippen LogP contribution < -0.4 is 0 Å². The fraction of sp³-hybridized carbons (Fsp3) is 0.429. The predicted molar refractivity (Wildman–Crippen MR) is 75.8 cm³/mol. The Hall–Kier alpha value is -1.69. The molecule has 20 heavy (non-hydrogen) atoms. The van der Waals surface area contributed by atoms with Crippen molar-refractivity contribution in [3.63, 3.8) is 0 Å². The van der Waals surface area contributed by atoms with Crippen LogP contribution in [0.25, 0.3) is 0 Å². The molecule has 0 bridgehead atoms. The van der Waals surface area contributed by atoms with Gasteiger partial charge in [0.15, 0.2) is 0 Å². The van der Waals surface area contributed by atoms with Gasteiger partial charge in [-0.2, -0.15) is 0 Å². The third-order valence-electron chi connectivity index (χ3n) is 3.32. The van der Waals surface area contributed by atoms with Gasteiger partial charge in [0, 0.05) is 18.0 Å². The van der Waals surface area contributed by atoms with Gasteiger partial charge in [-0.15, -0.1) is 11.8 Å². The van der Waals surface area contributed by atoms with E-state index in [0.717, 1.165) is 11.3 Å². The minimum Gasteiger partial charge on any atom is -0.508 e. The molecule has 0 aromatic heterocycles. The Balaban J connectivity index is 1.85. The molecule has 1 atom stereocenters. The first-order valence-electron chi connectivity index (χ1n) is 6.48. The quantitative estimate of drug-likeness (QED) is 0.828. The lowest BCUT2D eigenvalue weighted by molar-refractivity contribution is -0.145. The van der Waals surface area contributed by atoms with Gasteiger partial charge >= 0.3 is 5.97 Å². The molecule has 6 heteroatoms. The number of benzene rings is 1. The molecule has 1 unspecified atom stereocenters. The fourth-order valence-corrected chi connectivity index (χ4v) is 2.99. The molecule has 0 saturated carbocycles. The van der Waals surface area contributed by atoms with Gasteiger partial charge in [0.2, 0.25) is 5.91 Å². The maximum Gasteiger partial charge on any atom is 0.308 e. The lowest BCUT2D eigenvalue weighted by Gasteiger charge is -2.30. The molecule has 5 nitrogen and oxygen atoms in total. The highest BCUT2D eigenvalue weighted by atomic mass is 32.2. The van der Waals surface area contributed by atoms with Crippen LogP contribution in [0.5, 0.6) is 5.75 Å². The normalized spacial score (nSPS) is 18.8. The van der Waals surface area contributed by atoms with Crippen LogP contribution in [0.15, 0.2) is 29.2 Å². The first-order chi connectivity index (χ1) is 9.56. The van der Waals surface area contributed by atoms with Gasteiger partial charge in [0.25, 0.3) is 0 Å². The maximum atomic E-state index is 12.1. The monoisotopic (exact) mass is 295 g/mol. The van der Waals surface area contributed by atoms with Crippen LogP contribution in [0.3, 0.4) is 0 Å². The summed E-state index contributed by atoms with van der Waals surface area (Å²) in [5.41, 5.74) is 0. The average molecular weight is 295 g/mol. The summed E-state index contributed by atoms with van der Waals surface area (Å²) in [5, 5.41) is 18.2. The van der Waals surface area contributed by atoms with Crippen molar-refractivity contribution in [1.82, 2.24) is 4.90 Å². The highest BCUT2D eigenvalue weighted by Gasteiger charge is 2.27. The number of piperidine rings is 1. The van der Waals surface area contributed by atoms with Crippen LogP contribution in [0, 0.1) is 5.92 Å². The second-order valence-corrected chi connectivity index (χ2v) is 5.85. The summed E-state index contributed by atoms with van der Waals surface area (Å²) in [6, 6.07) is 6.66. The van der Waals surface area contributed by atoms with Crippen molar-refractivity contribution in [2.45, 2.75) is 17.7 Å². The zero-order valence-corrected chi connectivity index (χ0v) is 11.8. The Bertz CT molecular complexity index is 488. The zero-order valence-electron chi connectivity index (χ0n) is 11.0. The molecule has 1 heterocycles. The second kappa shape index (κ2) is 6.65. The molecular formula is C14H17NO4S. The van der Waals surface area contributed by atoms with Crippen LogP contribution in [-0.4, -0.2) is 45.8 Å². The third-order valence-corrected chi connectivity index (χ3v) is 4.32. The number of hydrogen-bond acceptors (Lipinski definition) is 4. The van der Waals surface area contributed by atoms with Crippen LogP contribution in [0.4, 0.5) is 0 Å². The minimum absolute atomic E-state index is 0.0333. The molecule has 1 aromatic rings. The Morgan fingerprint density at radius 3 is 2.65 bits per heavy atom. The van der Waals surface area contributed by atoms with E-state index in [1.54, 1.807) is 29.2 Å². The summed E-state index contributed by atoms with van der Waals surface area (Å²) < 4.78 is 0. The van der Waals surface area contributed by atoms with Gasteiger partial charge in [-0.3, -0.25) is 9.59 Å². The van der Waals surface area contributed by atoms with E-state index >= 15 is 0 Å². The number of likely N-dealkylation sites (tertiary alicyclic amines) is 1. The van der Waals surface area contributed by atoms with Crippen molar-refractivity contribution in [2.75, 3.05) is 18.8 Å². The Labute approximate surface area is 121 Å². The number of phenols is 1. The Morgan fingerprint density at radius 1 is 1.30 bits per heavy atom. The van der Waals surface area contributed by atoms with Crippen LogP contribution >= 0.6 is 11.8 Å². The van der Waals surface area contributed by atoms with Crippen LogP contribution in [0.1, 0.15) is 12.8 Å². The number of carbonyl (C=O) groups is 2. The lowest BCUT2D eigenvalue weighted by Crippen LogP contribution is -2.43. The number of carboxylic acids is 1. The van der Waals surface area contributed by atoms with E-state index in [-0.39, 0.29) is 17.4 Å². The maximum absolute atomic E-state index is 12.1. The molecule has 1 saturated heterocycles. The number of rotatable bonds is 4. The van der Waals surface area contributed by atoms with Gasteiger partial charge in [0.1, 0.15) is 5.75 Å². The number of amides is 1. The number of carboxylic acid groups (broad SMARTS) is 1.